The molecule has 1 saturated heterocycles. The van der Waals surface area contributed by atoms with Crippen LogP contribution >= 0.6 is 0 Å². The molecule has 0 bridgehead atoms. The van der Waals surface area contributed by atoms with Crippen molar-refractivity contribution in [1.82, 2.24) is 30.0 Å². The molecule has 8 nitrogen and oxygen atoms in total. The number of nitrogens with one attached hydrogen (secondary N) is 2. The van der Waals surface area contributed by atoms with Crippen LogP contribution in [0.1, 0.15) is 18.5 Å². The van der Waals surface area contributed by atoms with Crippen molar-refractivity contribution in [3.05, 3.63) is 42.5 Å². The molecule has 2 fully saturated rings. The molecule has 2 amide bonds. The maximum atomic E-state index is 12.6. The lowest BCUT2D eigenvalue weighted by Crippen LogP contribution is -2.43. The second kappa shape index (κ2) is 7.11. The third kappa shape index (κ3) is 3.67. The van der Waals surface area contributed by atoms with Gasteiger partial charge in [-0.3, -0.25) is 10.3 Å². The van der Waals surface area contributed by atoms with Crippen LogP contribution in [0.15, 0.2) is 36.8 Å². The summed E-state index contributed by atoms with van der Waals surface area (Å²) >= 11 is 0. The van der Waals surface area contributed by atoms with Gasteiger partial charge >= 0.3 is 6.03 Å². The quantitative estimate of drug-likeness (QED) is 0.714. The first kappa shape index (κ1) is 18.1. The Labute approximate surface area is 169 Å². The fraction of sp³-hybridized carbons (Fsp3) is 0.429. The number of urea groups is 1. The molecule has 3 aromatic heterocycles. The number of carbonyl (C=O) groups is 1. The number of pyridine rings is 2. The van der Waals surface area contributed by atoms with E-state index in [-0.39, 0.29) is 12.1 Å². The topological polar surface area (TPSA) is 88.0 Å². The summed E-state index contributed by atoms with van der Waals surface area (Å²) in [7, 11) is 2.12. The summed E-state index contributed by atoms with van der Waals surface area (Å²) in [5.41, 5.74) is 2.74. The van der Waals surface area contributed by atoms with E-state index in [0.717, 1.165) is 41.3 Å². The molecule has 5 rings (SSSR count). The number of likely N-dealkylation sites (N-methyl/N-ethyl adjacent to an activating group) is 1. The largest absolute Gasteiger partial charge is 0.333 e. The predicted molar refractivity (Wildman–Crippen MR) is 111 cm³/mol. The van der Waals surface area contributed by atoms with E-state index in [0.29, 0.717) is 11.7 Å². The third-order valence-corrected chi connectivity index (χ3v) is 5.91. The van der Waals surface area contributed by atoms with Crippen LogP contribution in [0.3, 0.4) is 0 Å². The summed E-state index contributed by atoms with van der Waals surface area (Å²) in [6.45, 7) is 3.91. The molecular formula is C21H25N7O. The highest BCUT2D eigenvalue weighted by atomic mass is 16.2. The standard InChI is InChI=1S/C21H25N7O/c1-13-7-16(5-6-22-13)28-19-10-23-20(8-15(19)9-24-28)26-21(29)25-18-12-27(2)11-17(18)14-3-4-14/h5-10,14,17-18H,3-4,11-12H2,1-2H3,(H2,23,25,26,29)/t17?,18-/m0/s1. The van der Waals surface area contributed by atoms with Gasteiger partial charge in [0.05, 0.1) is 23.6 Å². The van der Waals surface area contributed by atoms with E-state index >= 15 is 0 Å². The molecule has 3 aromatic rings. The van der Waals surface area contributed by atoms with Gasteiger partial charge in [0.25, 0.3) is 0 Å². The van der Waals surface area contributed by atoms with Crippen molar-refractivity contribution in [2.75, 3.05) is 25.5 Å². The number of rotatable bonds is 4. The first-order valence-electron chi connectivity index (χ1n) is 10.1. The van der Waals surface area contributed by atoms with Crippen molar-refractivity contribution in [3.63, 3.8) is 0 Å². The van der Waals surface area contributed by atoms with E-state index in [1.54, 1.807) is 18.6 Å². The van der Waals surface area contributed by atoms with Crippen molar-refractivity contribution < 1.29 is 4.79 Å². The van der Waals surface area contributed by atoms with Crippen LogP contribution in [0, 0.1) is 18.8 Å². The third-order valence-electron chi connectivity index (χ3n) is 5.91. The minimum Gasteiger partial charge on any atom is -0.333 e. The van der Waals surface area contributed by atoms with Crippen LogP contribution in [-0.2, 0) is 0 Å². The Morgan fingerprint density at radius 1 is 1.17 bits per heavy atom. The highest BCUT2D eigenvalue weighted by Crippen LogP contribution is 2.41. The number of hydrogen-bond acceptors (Lipinski definition) is 5. The lowest BCUT2D eigenvalue weighted by molar-refractivity contribution is 0.244. The van der Waals surface area contributed by atoms with Gasteiger partial charge in [-0.05, 0) is 56.8 Å². The Morgan fingerprint density at radius 2 is 2.03 bits per heavy atom. The molecule has 29 heavy (non-hydrogen) atoms. The number of amides is 2. The highest BCUT2D eigenvalue weighted by Gasteiger charge is 2.41. The maximum absolute atomic E-state index is 12.6. The van der Waals surface area contributed by atoms with Gasteiger partial charge < -0.3 is 10.2 Å². The predicted octanol–water partition coefficient (Wildman–Crippen LogP) is 2.59. The van der Waals surface area contributed by atoms with Gasteiger partial charge in [-0.1, -0.05) is 0 Å². The number of nitrogens with zero attached hydrogens (tertiary/aromatic N) is 5. The number of aromatic nitrogens is 4. The molecule has 2 aliphatic rings. The van der Waals surface area contributed by atoms with Crippen molar-refractivity contribution in [1.29, 1.82) is 0 Å². The van der Waals surface area contributed by atoms with E-state index in [2.05, 4.69) is 37.6 Å². The average Bonchev–Trinajstić information content (AvgIpc) is 3.34. The lowest BCUT2D eigenvalue weighted by Gasteiger charge is -2.19. The van der Waals surface area contributed by atoms with Crippen LogP contribution in [0.25, 0.3) is 16.6 Å². The molecule has 1 aliphatic carbocycles. The van der Waals surface area contributed by atoms with Gasteiger partial charge in [-0.15, -0.1) is 0 Å². The van der Waals surface area contributed by atoms with Crippen molar-refractivity contribution in [2.24, 2.45) is 11.8 Å². The zero-order valence-corrected chi connectivity index (χ0v) is 16.7. The molecule has 1 unspecified atom stereocenters. The minimum absolute atomic E-state index is 0.194. The summed E-state index contributed by atoms with van der Waals surface area (Å²) in [5, 5.41) is 11.4. The average molecular weight is 391 g/mol. The van der Waals surface area contributed by atoms with Gasteiger partial charge in [0.2, 0.25) is 0 Å². The summed E-state index contributed by atoms with van der Waals surface area (Å²) < 4.78 is 1.83. The Hall–Kier alpha value is -3.00. The Balaban J connectivity index is 1.30. The van der Waals surface area contributed by atoms with Gasteiger partial charge in [0.1, 0.15) is 5.82 Å². The first-order chi connectivity index (χ1) is 14.1. The van der Waals surface area contributed by atoms with E-state index in [9.17, 15) is 4.79 Å². The second-order valence-electron chi connectivity index (χ2n) is 8.27. The van der Waals surface area contributed by atoms with Crippen LogP contribution in [0.4, 0.5) is 10.6 Å². The molecule has 1 aliphatic heterocycles. The van der Waals surface area contributed by atoms with Crippen LogP contribution in [0.2, 0.25) is 0 Å². The monoisotopic (exact) mass is 391 g/mol. The summed E-state index contributed by atoms with van der Waals surface area (Å²) in [4.78, 5) is 23.5. The Bertz CT molecular complexity index is 1060. The molecule has 1 saturated carbocycles. The number of aryl methyl sites for hydroxylation is 1. The van der Waals surface area contributed by atoms with Crippen molar-refractivity contribution >= 4 is 22.8 Å². The van der Waals surface area contributed by atoms with Crippen molar-refractivity contribution in [3.8, 4) is 5.69 Å². The van der Waals surface area contributed by atoms with Crippen LogP contribution in [-0.4, -0.2) is 56.9 Å². The van der Waals surface area contributed by atoms with Crippen LogP contribution in [0.5, 0.6) is 0 Å². The molecule has 2 N–H and O–H groups in total. The Kier molecular flexibility index (Phi) is 4.43. The number of likely N-dealkylation sites (tertiary alicyclic amines) is 1. The maximum Gasteiger partial charge on any atom is 0.320 e. The van der Waals surface area contributed by atoms with Gasteiger partial charge in [-0.2, -0.15) is 5.10 Å². The summed E-state index contributed by atoms with van der Waals surface area (Å²) in [5.74, 6) is 1.85. The number of anilines is 1. The van der Waals surface area contributed by atoms with E-state index in [4.69, 9.17) is 0 Å². The number of hydrogen-bond donors (Lipinski definition) is 2. The summed E-state index contributed by atoms with van der Waals surface area (Å²) in [6.07, 6.45) is 7.87. The van der Waals surface area contributed by atoms with E-state index in [1.807, 2.05) is 29.8 Å². The lowest BCUT2D eigenvalue weighted by atomic mass is 9.98. The molecule has 150 valence electrons. The normalized spacial score (nSPS) is 22.1. The smallest absolute Gasteiger partial charge is 0.320 e. The molecule has 2 atom stereocenters. The van der Waals surface area contributed by atoms with Crippen LogP contribution < -0.4 is 10.6 Å². The molecule has 0 aromatic carbocycles. The molecule has 4 heterocycles. The SMILES string of the molecule is Cc1cc(-n2ncc3cc(NC(=O)N[C@H]4CN(C)CC4C4CC4)ncc32)ccn1. The van der Waals surface area contributed by atoms with Crippen molar-refractivity contribution in [2.45, 2.75) is 25.8 Å². The second-order valence-corrected chi connectivity index (χ2v) is 8.27. The molecular weight excluding hydrogens is 366 g/mol. The van der Waals surface area contributed by atoms with E-state index < -0.39 is 0 Å². The highest BCUT2D eigenvalue weighted by molar-refractivity contribution is 5.91. The number of carbonyl (C=O) groups excluding carboxylic acids is 1. The minimum atomic E-state index is -0.194. The van der Waals surface area contributed by atoms with E-state index in [1.165, 1.54) is 12.8 Å². The van der Waals surface area contributed by atoms with Gasteiger partial charge in [0.15, 0.2) is 0 Å². The number of fused-ring (bicyclic) bond motifs is 1. The van der Waals surface area contributed by atoms with Gasteiger partial charge in [-0.25, -0.2) is 14.5 Å². The zero-order valence-electron chi connectivity index (χ0n) is 16.7. The Morgan fingerprint density at radius 3 is 2.83 bits per heavy atom. The fourth-order valence-electron chi connectivity index (χ4n) is 4.37. The first-order valence-corrected chi connectivity index (χ1v) is 10.1. The zero-order chi connectivity index (χ0) is 20.0. The molecule has 0 spiro atoms. The van der Waals surface area contributed by atoms with Gasteiger partial charge in [0, 0.05) is 36.4 Å². The molecule has 8 heteroatoms. The summed E-state index contributed by atoms with van der Waals surface area (Å²) in [6, 6.07) is 5.74. The molecule has 0 radical (unpaired) electrons. The fourth-order valence-corrected chi connectivity index (χ4v) is 4.37.